The van der Waals surface area contributed by atoms with Gasteiger partial charge in [-0.15, -0.1) is 0 Å². The molecule has 2 aromatic carbocycles. The number of likely N-dealkylation sites (tertiary alicyclic amines) is 1. The molecule has 1 amide bonds. The number of anilines is 1. The molecule has 0 aliphatic carbocycles. The van der Waals surface area contributed by atoms with Crippen molar-refractivity contribution in [2.75, 3.05) is 30.5 Å². The highest BCUT2D eigenvalue weighted by molar-refractivity contribution is 7.93. The topological polar surface area (TPSA) is 84.0 Å². The van der Waals surface area contributed by atoms with Gasteiger partial charge in [-0.1, -0.05) is 36.7 Å². The third-order valence-electron chi connectivity index (χ3n) is 5.92. The van der Waals surface area contributed by atoms with Crippen LogP contribution in [-0.2, 0) is 26.0 Å². The average Bonchev–Trinajstić information content (AvgIpc) is 3.22. The van der Waals surface area contributed by atoms with E-state index >= 15 is 0 Å². The number of piperidine rings is 1. The first-order valence-corrected chi connectivity index (χ1v) is 12.4. The Hall–Kier alpha value is -2.58. The van der Waals surface area contributed by atoms with Crippen molar-refractivity contribution in [2.24, 2.45) is 5.92 Å². The lowest BCUT2D eigenvalue weighted by Crippen LogP contribution is -2.41. The maximum Gasteiger partial charge on any atom is 0.338 e. The number of fused-ring (bicyclic) bond motifs is 1. The molecule has 4 rings (SSSR count). The number of esters is 1. The Kier molecular flexibility index (Phi) is 6.44. The predicted molar refractivity (Wildman–Crippen MR) is 121 cm³/mol. The highest BCUT2D eigenvalue weighted by Crippen LogP contribution is 2.35. The monoisotopic (exact) mass is 476 g/mol. The number of benzene rings is 2. The van der Waals surface area contributed by atoms with Crippen LogP contribution in [0.25, 0.3) is 0 Å². The molecule has 0 bridgehead atoms. The van der Waals surface area contributed by atoms with Crippen molar-refractivity contribution in [1.82, 2.24) is 4.90 Å². The third-order valence-corrected chi connectivity index (χ3v) is 8.21. The summed E-state index contributed by atoms with van der Waals surface area (Å²) >= 11 is 6.21. The number of sulfonamides is 1. The van der Waals surface area contributed by atoms with Crippen molar-refractivity contribution in [3.8, 4) is 0 Å². The van der Waals surface area contributed by atoms with E-state index in [4.69, 9.17) is 16.3 Å². The SMILES string of the molecule is CC1CCCN(C(=O)COC(=O)c2ccc(Cl)c(S(=O)(=O)N3CCc4ccccc43)c2)C1. The fourth-order valence-electron chi connectivity index (χ4n) is 4.22. The molecule has 2 aromatic rings. The number of nitrogens with zero attached hydrogens (tertiary/aromatic N) is 2. The van der Waals surface area contributed by atoms with Crippen LogP contribution in [-0.4, -0.2) is 51.4 Å². The number of ether oxygens (including phenoxy) is 1. The van der Waals surface area contributed by atoms with Gasteiger partial charge in [0, 0.05) is 19.6 Å². The minimum absolute atomic E-state index is 0.0179. The number of carbonyl (C=O) groups is 2. The first kappa shape index (κ1) is 22.6. The molecule has 7 nitrogen and oxygen atoms in total. The van der Waals surface area contributed by atoms with Crippen LogP contribution in [0.1, 0.15) is 35.7 Å². The molecule has 2 heterocycles. The van der Waals surface area contributed by atoms with Crippen molar-refractivity contribution >= 4 is 39.2 Å². The van der Waals surface area contributed by atoms with E-state index in [1.807, 2.05) is 12.1 Å². The summed E-state index contributed by atoms with van der Waals surface area (Å²) in [5, 5.41) is 0.0179. The average molecular weight is 477 g/mol. The molecule has 1 atom stereocenters. The van der Waals surface area contributed by atoms with Crippen LogP contribution in [0.15, 0.2) is 47.4 Å². The van der Waals surface area contributed by atoms with Gasteiger partial charge in [0.1, 0.15) is 4.90 Å². The standard InChI is InChI=1S/C23H25ClN2O5S/c1-16-5-4-11-25(14-16)22(27)15-31-23(28)18-8-9-19(24)21(13-18)32(29,30)26-12-10-17-6-2-3-7-20(17)26/h2-3,6-9,13,16H,4-5,10-12,14-15H2,1H3. The summed E-state index contributed by atoms with van der Waals surface area (Å²) in [6.07, 6.45) is 2.61. The molecular weight excluding hydrogens is 452 g/mol. The van der Waals surface area contributed by atoms with Gasteiger partial charge in [-0.2, -0.15) is 0 Å². The fourth-order valence-corrected chi connectivity index (χ4v) is 6.23. The predicted octanol–water partition coefficient (Wildman–Crippen LogP) is 3.51. The van der Waals surface area contributed by atoms with Crippen LogP contribution in [0.3, 0.4) is 0 Å². The Morgan fingerprint density at radius 2 is 1.94 bits per heavy atom. The molecule has 1 fully saturated rings. The van der Waals surface area contributed by atoms with Gasteiger partial charge in [-0.3, -0.25) is 9.10 Å². The van der Waals surface area contributed by atoms with Crippen molar-refractivity contribution in [3.05, 3.63) is 58.6 Å². The minimum atomic E-state index is -3.97. The smallest absolute Gasteiger partial charge is 0.338 e. The number of para-hydroxylation sites is 1. The molecule has 1 saturated heterocycles. The first-order valence-electron chi connectivity index (χ1n) is 10.6. The molecule has 0 saturated carbocycles. The first-order chi connectivity index (χ1) is 15.3. The van der Waals surface area contributed by atoms with Crippen molar-refractivity contribution in [2.45, 2.75) is 31.1 Å². The van der Waals surface area contributed by atoms with Gasteiger partial charge in [0.2, 0.25) is 0 Å². The Bertz CT molecular complexity index is 1150. The van der Waals surface area contributed by atoms with E-state index in [0.29, 0.717) is 37.7 Å². The molecule has 1 unspecified atom stereocenters. The van der Waals surface area contributed by atoms with E-state index in [2.05, 4.69) is 6.92 Å². The van der Waals surface area contributed by atoms with Crippen LogP contribution in [0.4, 0.5) is 5.69 Å². The van der Waals surface area contributed by atoms with E-state index in [9.17, 15) is 18.0 Å². The fraction of sp³-hybridized carbons (Fsp3) is 0.391. The third kappa shape index (κ3) is 4.47. The lowest BCUT2D eigenvalue weighted by atomic mass is 10.0. The summed E-state index contributed by atoms with van der Waals surface area (Å²) in [7, 11) is -3.97. The molecule has 32 heavy (non-hydrogen) atoms. The number of amides is 1. The maximum absolute atomic E-state index is 13.3. The molecule has 2 aliphatic rings. The maximum atomic E-state index is 13.3. The molecule has 9 heteroatoms. The summed E-state index contributed by atoms with van der Waals surface area (Å²) in [6.45, 7) is 3.31. The van der Waals surface area contributed by atoms with Crippen LogP contribution >= 0.6 is 11.6 Å². The summed E-state index contributed by atoms with van der Waals surface area (Å²) in [6, 6.07) is 11.3. The van der Waals surface area contributed by atoms with E-state index < -0.39 is 16.0 Å². The molecule has 2 aliphatic heterocycles. The van der Waals surface area contributed by atoms with Gasteiger partial charge >= 0.3 is 5.97 Å². The second kappa shape index (κ2) is 9.11. The highest BCUT2D eigenvalue weighted by atomic mass is 35.5. The van der Waals surface area contributed by atoms with Crippen molar-refractivity contribution in [3.63, 3.8) is 0 Å². The number of hydrogen-bond acceptors (Lipinski definition) is 5. The van der Waals surface area contributed by atoms with E-state index in [0.717, 1.165) is 18.4 Å². The normalized spacial score (nSPS) is 18.4. The lowest BCUT2D eigenvalue weighted by molar-refractivity contribution is -0.136. The van der Waals surface area contributed by atoms with Gasteiger partial charge in [0.05, 0.1) is 16.3 Å². The number of carbonyl (C=O) groups excluding carboxylic acids is 2. The highest BCUT2D eigenvalue weighted by Gasteiger charge is 2.33. The van der Waals surface area contributed by atoms with Gasteiger partial charge < -0.3 is 9.64 Å². The second-order valence-corrected chi connectivity index (χ2v) is 10.5. The summed E-state index contributed by atoms with van der Waals surface area (Å²) < 4.78 is 33.1. The van der Waals surface area contributed by atoms with Crippen LogP contribution < -0.4 is 4.31 Å². The number of hydrogen-bond donors (Lipinski definition) is 0. The van der Waals surface area contributed by atoms with E-state index in [1.165, 1.54) is 22.5 Å². The molecular formula is C23H25ClN2O5S. The summed E-state index contributed by atoms with van der Waals surface area (Å²) in [5.41, 5.74) is 1.58. The zero-order valence-corrected chi connectivity index (χ0v) is 19.4. The molecule has 0 N–H and O–H groups in total. The Labute approximate surface area is 193 Å². The lowest BCUT2D eigenvalue weighted by Gasteiger charge is -2.30. The summed E-state index contributed by atoms with van der Waals surface area (Å²) in [4.78, 5) is 26.5. The van der Waals surface area contributed by atoms with Crippen LogP contribution in [0, 0.1) is 5.92 Å². The van der Waals surface area contributed by atoms with Crippen LogP contribution in [0.5, 0.6) is 0 Å². The largest absolute Gasteiger partial charge is 0.452 e. The number of rotatable bonds is 5. The zero-order chi connectivity index (χ0) is 22.9. The van der Waals surface area contributed by atoms with Gasteiger partial charge in [-0.25, -0.2) is 13.2 Å². The number of halogens is 1. The van der Waals surface area contributed by atoms with E-state index in [1.54, 1.807) is 17.0 Å². The minimum Gasteiger partial charge on any atom is -0.452 e. The van der Waals surface area contributed by atoms with Gasteiger partial charge in [-0.05, 0) is 55.0 Å². The Balaban J connectivity index is 1.50. The van der Waals surface area contributed by atoms with Gasteiger partial charge in [0.25, 0.3) is 15.9 Å². The summed E-state index contributed by atoms with van der Waals surface area (Å²) in [5.74, 6) is -0.595. The van der Waals surface area contributed by atoms with Crippen molar-refractivity contribution < 1.29 is 22.7 Å². The molecule has 0 spiro atoms. The zero-order valence-electron chi connectivity index (χ0n) is 17.8. The van der Waals surface area contributed by atoms with Gasteiger partial charge in [0.15, 0.2) is 6.61 Å². The van der Waals surface area contributed by atoms with E-state index in [-0.39, 0.29) is 28.0 Å². The Morgan fingerprint density at radius 1 is 1.16 bits per heavy atom. The van der Waals surface area contributed by atoms with Crippen LogP contribution in [0.2, 0.25) is 5.02 Å². The molecule has 0 radical (unpaired) electrons. The Morgan fingerprint density at radius 3 is 2.72 bits per heavy atom. The molecule has 170 valence electrons. The molecule has 0 aromatic heterocycles. The van der Waals surface area contributed by atoms with Crippen molar-refractivity contribution in [1.29, 1.82) is 0 Å². The quantitative estimate of drug-likeness (QED) is 0.616. The second-order valence-electron chi connectivity index (χ2n) is 8.26.